The molecular weight excluding hydrogens is 300 g/mol. The van der Waals surface area contributed by atoms with Crippen LogP contribution in [-0.4, -0.2) is 51.8 Å². The molecule has 2 N–H and O–H groups in total. The van der Waals surface area contributed by atoms with Crippen molar-refractivity contribution in [1.82, 2.24) is 19.8 Å². The number of imidazole rings is 1. The molecule has 1 saturated heterocycles. The van der Waals surface area contributed by atoms with E-state index in [1.807, 2.05) is 13.0 Å². The van der Waals surface area contributed by atoms with Gasteiger partial charge in [0, 0.05) is 13.1 Å². The Labute approximate surface area is 144 Å². The van der Waals surface area contributed by atoms with Crippen LogP contribution < -0.4 is 5.32 Å². The number of aliphatic hydroxyl groups is 1. The van der Waals surface area contributed by atoms with Gasteiger partial charge in [-0.25, -0.2) is 4.98 Å². The van der Waals surface area contributed by atoms with Crippen molar-refractivity contribution in [2.24, 2.45) is 5.92 Å². The molecule has 24 heavy (non-hydrogen) atoms. The minimum absolute atomic E-state index is 0.221. The molecule has 132 valence electrons. The molecular formula is C19H30N4O. The number of aryl methyl sites for hydroxylation is 1. The number of fused-ring (bicyclic) bond motifs is 1. The fourth-order valence-corrected chi connectivity index (χ4v) is 3.75. The molecule has 0 aliphatic carbocycles. The zero-order chi connectivity index (χ0) is 16.9. The average molecular weight is 330 g/mol. The van der Waals surface area contributed by atoms with E-state index in [1.165, 1.54) is 18.4 Å². The number of β-amino-alcohol motifs (C(OH)–C–C–N with tert-alkyl or cyclic N) is 1. The summed E-state index contributed by atoms with van der Waals surface area (Å²) >= 11 is 0. The summed E-state index contributed by atoms with van der Waals surface area (Å²) in [5.74, 6) is 1.86. The summed E-state index contributed by atoms with van der Waals surface area (Å²) in [4.78, 5) is 7.15. The highest BCUT2D eigenvalue weighted by atomic mass is 16.3. The normalized spacial score (nSPS) is 18.3. The van der Waals surface area contributed by atoms with Crippen molar-refractivity contribution in [3.63, 3.8) is 0 Å². The summed E-state index contributed by atoms with van der Waals surface area (Å²) < 4.78 is 2.30. The van der Waals surface area contributed by atoms with E-state index in [1.54, 1.807) is 0 Å². The Balaban J connectivity index is 1.49. The van der Waals surface area contributed by atoms with Gasteiger partial charge < -0.3 is 19.9 Å². The van der Waals surface area contributed by atoms with Crippen LogP contribution in [0.2, 0.25) is 0 Å². The first-order chi connectivity index (χ1) is 11.7. The van der Waals surface area contributed by atoms with Crippen LogP contribution in [0.5, 0.6) is 0 Å². The molecule has 5 nitrogen and oxygen atoms in total. The molecule has 1 fully saturated rings. The van der Waals surface area contributed by atoms with E-state index in [0.29, 0.717) is 0 Å². The Morgan fingerprint density at radius 2 is 2.04 bits per heavy atom. The van der Waals surface area contributed by atoms with E-state index in [0.717, 1.165) is 56.5 Å². The van der Waals surface area contributed by atoms with E-state index in [4.69, 9.17) is 4.98 Å². The Morgan fingerprint density at radius 3 is 2.75 bits per heavy atom. The van der Waals surface area contributed by atoms with Gasteiger partial charge in [0.05, 0.1) is 23.7 Å². The number of aliphatic hydroxyl groups excluding tert-OH is 1. The Bertz CT molecular complexity index is 644. The molecule has 3 rings (SSSR count). The van der Waals surface area contributed by atoms with Crippen LogP contribution in [0.3, 0.4) is 0 Å². The number of nitrogens with one attached hydrogen (secondary N) is 1. The summed E-state index contributed by atoms with van der Waals surface area (Å²) in [6.45, 7) is 9.89. The highest BCUT2D eigenvalue weighted by molar-refractivity contribution is 5.75. The minimum Gasteiger partial charge on any atom is -0.392 e. The van der Waals surface area contributed by atoms with E-state index in [9.17, 15) is 5.11 Å². The van der Waals surface area contributed by atoms with Crippen LogP contribution in [0.25, 0.3) is 11.0 Å². The van der Waals surface area contributed by atoms with E-state index < -0.39 is 0 Å². The van der Waals surface area contributed by atoms with Gasteiger partial charge in [0.25, 0.3) is 0 Å². The standard InChI is InChI=1S/C19H30N4O/c1-3-23-18-7-5-4-6-17(18)21-19(23)13-20-12-16-8-10-22(11-9-16)14-15(2)24/h4-7,15-16,20,24H,3,8-14H2,1-2H3/t15-/m0/s1. The highest BCUT2D eigenvalue weighted by Crippen LogP contribution is 2.18. The van der Waals surface area contributed by atoms with Crippen LogP contribution >= 0.6 is 0 Å². The Hall–Kier alpha value is -1.43. The second-order valence-corrected chi connectivity index (χ2v) is 6.98. The van der Waals surface area contributed by atoms with Gasteiger partial charge in [-0.05, 0) is 64.4 Å². The number of piperidine rings is 1. The Morgan fingerprint density at radius 1 is 1.29 bits per heavy atom. The molecule has 1 atom stereocenters. The number of likely N-dealkylation sites (tertiary alicyclic amines) is 1. The first-order valence-corrected chi connectivity index (χ1v) is 9.22. The molecule has 1 aliphatic heterocycles. The predicted octanol–water partition coefficient (Wildman–Crippen LogP) is 2.24. The van der Waals surface area contributed by atoms with Gasteiger partial charge in [0.15, 0.2) is 0 Å². The third-order valence-corrected chi connectivity index (χ3v) is 5.00. The molecule has 1 aliphatic rings. The maximum atomic E-state index is 9.48. The third kappa shape index (κ3) is 4.15. The van der Waals surface area contributed by atoms with Crippen LogP contribution in [0.4, 0.5) is 0 Å². The maximum Gasteiger partial charge on any atom is 0.123 e. The van der Waals surface area contributed by atoms with Gasteiger partial charge >= 0.3 is 0 Å². The zero-order valence-electron chi connectivity index (χ0n) is 14.9. The number of hydrogen-bond donors (Lipinski definition) is 2. The van der Waals surface area contributed by atoms with E-state index in [-0.39, 0.29) is 6.10 Å². The van der Waals surface area contributed by atoms with Gasteiger partial charge in [0.2, 0.25) is 0 Å². The molecule has 2 heterocycles. The smallest absolute Gasteiger partial charge is 0.123 e. The van der Waals surface area contributed by atoms with Crippen molar-refractivity contribution in [3.05, 3.63) is 30.1 Å². The molecule has 1 aromatic carbocycles. The predicted molar refractivity (Wildman–Crippen MR) is 98.0 cm³/mol. The fourth-order valence-electron chi connectivity index (χ4n) is 3.75. The number of hydrogen-bond acceptors (Lipinski definition) is 4. The fraction of sp³-hybridized carbons (Fsp3) is 0.632. The molecule has 5 heteroatoms. The first kappa shape index (κ1) is 17.4. The number of rotatable bonds is 7. The van der Waals surface area contributed by atoms with E-state index in [2.05, 4.69) is 39.9 Å². The van der Waals surface area contributed by atoms with Crippen LogP contribution in [0, 0.1) is 5.92 Å². The summed E-state index contributed by atoms with van der Waals surface area (Å²) in [5, 5.41) is 13.1. The van der Waals surface area contributed by atoms with Crippen LogP contribution in [0.15, 0.2) is 24.3 Å². The second kappa shape index (κ2) is 8.10. The number of nitrogens with zero attached hydrogens (tertiary/aromatic N) is 3. The van der Waals surface area contributed by atoms with Gasteiger partial charge in [-0.15, -0.1) is 0 Å². The number of benzene rings is 1. The quantitative estimate of drug-likeness (QED) is 0.817. The minimum atomic E-state index is -0.221. The largest absolute Gasteiger partial charge is 0.392 e. The van der Waals surface area contributed by atoms with Gasteiger partial charge in [-0.1, -0.05) is 12.1 Å². The van der Waals surface area contributed by atoms with Crippen LogP contribution in [-0.2, 0) is 13.1 Å². The molecule has 0 amide bonds. The molecule has 0 spiro atoms. The van der Waals surface area contributed by atoms with E-state index >= 15 is 0 Å². The zero-order valence-corrected chi connectivity index (χ0v) is 14.9. The van der Waals surface area contributed by atoms with Gasteiger partial charge in [0.1, 0.15) is 5.82 Å². The summed E-state index contributed by atoms with van der Waals surface area (Å²) in [6.07, 6.45) is 2.20. The molecule has 2 aromatic rings. The Kier molecular flexibility index (Phi) is 5.87. The molecule has 0 unspecified atom stereocenters. The van der Waals surface area contributed by atoms with Crippen molar-refractivity contribution in [3.8, 4) is 0 Å². The SMILES string of the molecule is CCn1c(CNCC2CCN(C[C@H](C)O)CC2)nc2ccccc21. The molecule has 0 bridgehead atoms. The van der Waals surface area contributed by atoms with Gasteiger partial charge in [-0.2, -0.15) is 0 Å². The lowest BCUT2D eigenvalue weighted by molar-refractivity contribution is 0.0997. The summed E-state index contributed by atoms with van der Waals surface area (Å²) in [6, 6.07) is 8.36. The number of aromatic nitrogens is 2. The average Bonchev–Trinajstić information content (AvgIpc) is 2.93. The molecule has 0 radical (unpaired) electrons. The van der Waals surface area contributed by atoms with Crippen molar-refractivity contribution in [1.29, 1.82) is 0 Å². The lowest BCUT2D eigenvalue weighted by Crippen LogP contribution is -2.40. The number of para-hydroxylation sites is 2. The first-order valence-electron chi connectivity index (χ1n) is 9.22. The highest BCUT2D eigenvalue weighted by Gasteiger charge is 2.20. The molecule has 1 aromatic heterocycles. The topological polar surface area (TPSA) is 53.3 Å². The summed E-state index contributed by atoms with van der Waals surface area (Å²) in [5.41, 5.74) is 2.31. The summed E-state index contributed by atoms with van der Waals surface area (Å²) in [7, 11) is 0. The van der Waals surface area contributed by atoms with Gasteiger partial charge in [-0.3, -0.25) is 0 Å². The lowest BCUT2D eigenvalue weighted by atomic mass is 9.96. The monoisotopic (exact) mass is 330 g/mol. The van der Waals surface area contributed by atoms with Crippen molar-refractivity contribution < 1.29 is 5.11 Å². The second-order valence-electron chi connectivity index (χ2n) is 6.98. The molecule has 0 saturated carbocycles. The van der Waals surface area contributed by atoms with Crippen LogP contribution in [0.1, 0.15) is 32.5 Å². The lowest BCUT2D eigenvalue weighted by Gasteiger charge is -2.32. The maximum absolute atomic E-state index is 9.48. The third-order valence-electron chi connectivity index (χ3n) is 5.00. The van der Waals surface area contributed by atoms with Crippen molar-refractivity contribution in [2.45, 2.75) is 45.9 Å². The van der Waals surface area contributed by atoms with Crippen molar-refractivity contribution in [2.75, 3.05) is 26.2 Å². The van der Waals surface area contributed by atoms with Crippen molar-refractivity contribution >= 4 is 11.0 Å².